The molecule has 0 aliphatic carbocycles. The van der Waals surface area contributed by atoms with E-state index in [2.05, 4.69) is 10.2 Å². The Bertz CT molecular complexity index is 1280. The number of nitriles is 1. The van der Waals surface area contributed by atoms with E-state index in [0.29, 0.717) is 28.6 Å². The van der Waals surface area contributed by atoms with E-state index in [1.165, 1.54) is 7.11 Å². The molecule has 164 valence electrons. The van der Waals surface area contributed by atoms with Crippen LogP contribution in [0.5, 0.6) is 17.4 Å². The van der Waals surface area contributed by atoms with E-state index in [-0.39, 0.29) is 23.4 Å². The minimum absolute atomic E-state index is 0.0216. The first-order chi connectivity index (χ1) is 15.4. The quantitative estimate of drug-likeness (QED) is 0.503. The fraction of sp³-hybridized carbons (Fsp3) is 0.217. The molecule has 0 bridgehead atoms. The summed E-state index contributed by atoms with van der Waals surface area (Å²) in [6, 6.07) is 14.0. The van der Waals surface area contributed by atoms with Gasteiger partial charge in [-0.3, -0.25) is 9.36 Å². The molecule has 9 heteroatoms. The number of nitrogens with zero attached hydrogens (tertiary/aromatic N) is 4. The van der Waals surface area contributed by atoms with Crippen LogP contribution in [-0.4, -0.2) is 23.9 Å². The van der Waals surface area contributed by atoms with Gasteiger partial charge in [-0.05, 0) is 49.2 Å². The highest BCUT2D eigenvalue weighted by Crippen LogP contribution is 2.30. The zero-order chi connectivity index (χ0) is 23.3. The third kappa shape index (κ3) is 4.74. The van der Waals surface area contributed by atoms with Gasteiger partial charge in [0.15, 0.2) is 17.2 Å². The molecule has 32 heavy (non-hydrogen) atoms. The van der Waals surface area contributed by atoms with Crippen LogP contribution in [0.15, 0.2) is 57.5 Å². The van der Waals surface area contributed by atoms with Gasteiger partial charge < -0.3 is 14.6 Å². The lowest BCUT2D eigenvalue weighted by Gasteiger charge is -2.14. The van der Waals surface area contributed by atoms with Gasteiger partial charge >= 0.3 is 0 Å². The number of aryl methyl sites for hydroxylation is 1. The molecular formula is C23H21ClN4O4. The Morgan fingerprint density at radius 1 is 1.12 bits per heavy atom. The molecule has 0 fully saturated rings. The van der Waals surface area contributed by atoms with Gasteiger partial charge in [0, 0.05) is 17.1 Å². The van der Waals surface area contributed by atoms with Gasteiger partial charge in [-0.15, -0.1) is 5.11 Å². The summed E-state index contributed by atoms with van der Waals surface area (Å²) in [4.78, 5) is 13.1. The van der Waals surface area contributed by atoms with Gasteiger partial charge in [0.25, 0.3) is 5.56 Å². The van der Waals surface area contributed by atoms with Crippen molar-refractivity contribution in [1.29, 1.82) is 5.26 Å². The molecule has 3 rings (SSSR count). The number of methoxy groups -OCH3 is 2. The molecule has 3 aromatic rings. The van der Waals surface area contributed by atoms with Gasteiger partial charge in [-0.2, -0.15) is 10.4 Å². The van der Waals surface area contributed by atoms with Crippen LogP contribution in [0.3, 0.4) is 0 Å². The number of aromatic hydroxyl groups is 1. The number of halogens is 1. The van der Waals surface area contributed by atoms with Crippen LogP contribution >= 0.6 is 11.6 Å². The average Bonchev–Trinajstić information content (AvgIpc) is 2.79. The molecule has 1 heterocycles. The molecule has 0 aliphatic rings. The molecule has 0 amide bonds. The highest BCUT2D eigenvalue weighted by Gasteiger charge is 2.19. The van der Waals surface area contributed by atoms with Gasteiger partial charge in [0.05, 0.1) is 19.9 Å². The summed E-state index contributed by atoms with van der Waals surface area (Å²) in [5.41, 5.74) is 0.965. The number of rotatable bonds is 7. The van der Waals surface area contributed by atoms with E-state index in [4.69, 9.17) is 21.1 Å². The number of azo groups is 1. The van der Waals surface area contributed by atoms with E-state index in [1.54, 1.807) is 50.4 Å². The summed E-state index contributed by atoms with van der Waals surface area (Å²) in [6.45, 7) is 1.67. The highest BCUT2D eigenvalue weighted by molar-refractivity contribution is 6.30. The van der Waals surface area contributed by atoms with Crippen molar-refractivity contribution in [2.45, 2.75) is 19.9 Å². The number of ether oxygens (including phenoxy) is 2. The van der Waals surface area contributed by atoms with E-state index in [1.807, 2.05) is 12.1 Å². The molecule has 1 aromatic heterocycles. The predicted octanol–water partition coefficient (Wildman–Crippen LogP) is 5.06. The first-order valence-corrected chi connectivity index (χ1v) is 10.0. The maximum Gasteiger partial charge on any atom is 0.281 e. The third-order valence-corrected chi connectivity index (χ3v) is 5.15. The zero-order valence-corrected chi connectivity index (χ0v) is 18.6. The molecule has 0 saturated heterocycles. The fourth-order valence-electron chi connectivity index (χ4n) is 3.19. The summed E-state index contributed by atoms with van der Waals surface area (Å²) in [5, 5.41) is 28.7. The van der Waals surface area contributed by atoms with Crippen molar-refractivity contribution in [1.82, 2.24) is 4.57 Å². The Hall–Kier alpha value is -3.83. The van der Waals surface area contributed by atoms with Crippen LogP contribution in [0, 0.1) is 18.3 Å². The molecule has 2 aromatic carbocycles. The molecule has 0 saturated carbocycles. The average molecular weight is 453 g/mol. The number of pyridine rings is 1. The second kappa shape index (κ2) is 9.98. The van der Waals surface area contributed by atoms with Crippen molar-refractivity contribution < 1.29 is 14.6 Å². The Kier molecular flexibility index (Phi) is 7.13. The van der Waals surface area contributed by atoms with Crippen molar-refractivity contribution in [2.75, 3.05) is 14.2 Å². The molecule has 1 N–H and O–H groups in total. The predicted molar refractivity (Wildman–Crippen MR) is 121 cm³/mol. The molecule has 8 nitrogen and oxygen atoms in total. The van der Waals surface area contributed by atoms with Crippen molar-refractivity contribution in [2.24, 2.45) is 10.2 Å². The number of benzene rings is 2. The van der Waals surface area contributed by atoms with Gasteiger partial charge in [-0.25, -0.2) is 0 Å². The maximum atomic E-state index is 13.1. The smallest absolute Gasteiger partial charge is 0.281 e. The Morgan fingerprint density at radius 3 is 2.53 bits per heavy atom. The van der Waals surface area contributed by atoms with Gasteiger partial charge in [0.1, 0.15) is 11.6 Å². The van der Waals surface area contributed by atoms with Crippen LogP contribution in [0.4, 0.5) is 11.4 Å². The molecule has 0 aliphatic heterocycles. The van der Waals surface area contributed by atoms with Crippen molar-refractivity contribution in [3.63, 3.8) is 0 Å². The monoisotopic (exact) mass is 452 g/mol. The second-order valence-electron chi connectivity index (χ2n) is 6.86. The maximum absolute atomic E-state index is 13.1. The Morgan fingerprint density at radius 2 is 1.88 bits per heavy atom. The lowest BCUT2D eigenvalue weighted by Crippen LogP contribution is -2.23. The normalized spacial score (nSPS) is 10.8. The fourth-order valence-corrected chi connectivity index (χ4v) is 3.37. The third-order valence-electron chi connectivity index (χ3n) is 4.91. The van der Waals surface area contributed by atoms with Crippen molar-refractivity contribution in [3.8, 4) is 23.4 Å². The Balaban J connectivity index is 1.98. The largest absolute Gasteiger partial charge is 0.493 e. The van der Waals surface area contributed by atoms with E-state index in [0.717, 1.165) is 10.1 Å². The lowest BCUT2D eigenvalue weighted by atomic mass is 10.1. The van der Waals surface area contributed by atoms with Crippen molar-refractivity contribution >= 4 is 23.0 Å². The summed E-state index contributed by atoms with van der Waals surface area (Å²) in [6.07, 6.45) is 0.395. The lowest BCUT2D eigenvalue weighted by molar-refractivity contribution is 0.354. The van der Waals surface area contributed by atoms with E-state index >= 15 is 0 Å². The first-order valence-electron chi connectivity index (χ1n) is 9.64. The molecule has 0 unspecified atom stereocenters. The van der Waals surface area contributed by atoms with Crippen LogP contribution in [0.1, 0.15) is 16.7 Å². The van der Waals surface area contributed by atoms with E-state index in [9.17, 15) is 15.2 Å². The van der Waals surface area contributed by atoms with Crippen LogP contribution in [0.25, 0.3) is 0 Å². The number of hydrogen-bond acceptors (Lipinski definition) is 7. The van der Waals surface area contributed by atoms with Crippen LogP contribution in [0.2, 0.25) is 5.02 Å². The van der Waals surface area contributed by atoms with E-state index < -0.39 is 11.4 Å². The summed E-state index contributed by atoms with van der Waals surface area (Å²) < 4.78 is 11.7. The van der Waals surface area contributed by atoms with Gasteiger partial charge in [-0.1, -0.05) is 23.7 Å². The summed E-state index contributed by atoms with van der Waals surface area (Å²) >= 11 is 5.96. The summed E-state index contributed by atoms with van der Waals surface area (Å²) in [5.74, 6) is 0.735. The Labute approximate surface area is 189 Å². The van der Waals surface area contributed by atoms with Crippen LogP contribution in [-0.2, 0) is 13.0 Å². The first kappa shape index (κ1) is 22.8. The molecular weight excluding hydrogens is 432 g/mol. The molecule has 0 spiro atoms. The summed E-state index contributed by atoms with van der Waals surface area (Å²) in [7, 11) is 3.08. The van der Waals surface area contributed by atoms with Crippen molar-refractivity contribution in [3.05, 3.63) is 74.5 Å². The van der Waals surface area contributed by atoms with Crippen LogP contribution < -0.4 is 15.0 Å². The minimum atomic E-state index is -0.551. The number of aromatic nitrogens is 1. The highest BCUT2D eigenvalue weighted by atomic mass is 35.5. The molecule has 0 radical (unpaired) electrons. The molecule has 0 atom stereocenters. The topological polar surface area (TPSA) is 109 Å². The second-order valence-corrected chi connectivity index (χ2v) is 7.30. The zero-order valence-electron chi connectivity index (χ0n) is 17.8. The minimum Gasteiger partial charge on any atom is -0.493 e. The standard InChI is InChI=1S/C23H21ClN4O4/c1-14-18(13-25)22(29)28(10-9-15-7-8-19(31-2)20(11-15)32-3)23(30)21(14)27-26-17-6-4-5-16(24)12-17/h4-8,11-12,29H,9-10H2,1-3H3. The number of hydrogen-bond donors (Lipinski definition) is 1. The SMILES string of the molecule is COc1ccc(CCn2c(O)c(C#N)c(C)c(N=Nc3cccc(Cl)c3)c2=O)cc1OC. The van der Waals surface area contributed by atoms with Gasteiger partial charge in [0.2, 0.25) is 5.88 Å².